The maximum Gasteiger partial charge on any atom is 0.255 e. The van der Waals surface area contributed by atoms with Gasteiger partial charge in [-0.1, -0.05) is 47.7 Å². The van der Waals surface area contributed by atoms with Crippen LogP contribution in [-0.4, -0.2) is 61.7 Å². The Labute approximate surface area is 215 Å². The van der Waals surface area contributed by atoms with Gasteiger partial charge in [-0.25, -0.2) is 4.98 Å². The Balaban J connectivity index is 1.12. The molecule has 1 aliphatic heterocycles. The molecule has 0 radical (unpaired) electrons. The van der Waals surface area contributed by atoms with Crippen LogP contribution in [0.15, 0.2) is 72.8 Å². The molecule has 4 aromatic rings. The molecule has 0 unspecified atom stereocenters. The summed E-state index contributed by atoms with van der Waals surface area (Å²) in [6, 6.07) is 22.9. The summed E-state index contributed by atoms with van der Waals surface area (Å²) in [5, 5.41) is 4.09. The molecule has 0 aliphatic carbocycles. The Morgan fingerprint density at radius 2 is 1.69 bits per heavy atom. The minimum Gasteiger partial charge on any atom is -0.492 e. The van der Waals surface area contributed by atoms with Gasteiger partial charge in [0.25, 0.3) is 5.91 Å². The zero-order valence-corrected chi connectivity index (χ0v) is 21.2. The van der Waals surface area contributed by atoms with Crippen molar-refractivity contribution in [1.29, 1.82) is 0 Å². The van der Waals surface area contributed by atoms with Crippen molar-refractivity contribution in [2.45, 2.75) is 6.92 Å². The number of hydrogen-bond donors (Lipinski definition) is 1. The molecule has 186 valence electrons. The lowest BCUT2D eigenvalue weighted by molar-refractivity contribution is 0.0945. The van der Waals surface area contributed by atoms with Crippen LogP contribution >= 0.6 is 11.3 Å². The highest BCUT2D eigenvalue weighted by Gasteiger charge is 2.21. The summed E-state index contributed by atoms with van der Waals surface area (Å²) in [5.41, 5.74) is 1.48. The van der Waals surface area contributed by atoms with Crippen LogP contribution in [0.5, 0.6) is 17.2 Å². The van der Waals surface area contributed by atoms with Crippen molar-refractivity contribution in [2.75, 3.05) is 50.8 Å². The Hall–Kier alpha value is -3.62. The Kier molecular flexibility index (Phi) is 7.64. The van der Waals surface area contributed by atoms with Crippen LogP contribution in [0.25, 0.3) is 10.2 Å². The second-order valence-electron chi connectivity index (χ2n) is 8.53. The fourth-order valence-electron chi connectivity index (χ4n) is 4.26. The number of piperazine rings is 1. The van der Waals surface area contributed by atoms with Gasteiger partial charge >= 0.3 is 0 Å². The largest absolute Gasteiger partial charge is 0.492 e. The smallest absolute Gasteiger partial charge is 0.255 e. The molecule has 1 amide bonds. The van der Waals surface area contributed by atoms with Gasteiger partial charge in [0.15, 0.2) is 5.13 Å². The number of anilines is 1. The predicted molar refractivity (Wildman–Crippen MR) is 145 cm³/mol. The number of carbonyl (C=O) groups excluding carboxylic acids is 1. The number of carbonyl (C=O) groups is 1. The van der Waals surface area contributed by atoms with E-state index < -0.39 is 0 Å². The molecule has 1 aliphatic rings. The predicted octanol–water partition coefficient (Wildman–Crippen LogP) is 5.04. The molecular formula is C28H30N4O3S. The van der Waals surface area contributed by atoms with E-state index >= 15 is 0 Å². The standard InChI is InChI=1S/C28H30N4O3S/c1-2-34-24-13-8-14-25-26(24)30-28(36-25)32-19-17-31(18-20-32)16-15-29-27(33)22-11-6-7-12-23(22)35-21-9-4-3-5-10-21/h3-14H,2,15-20H2,1H3,(H,29,33). The number of aromatic nitrogens is 1. The summed E-state index contributed by atoms with van der Waals surface area (Å²) >= 11 is 1.71. The molecule has 3 aromatic carbocycles. The van der Waals surface area contributed by atoms with E-state index in [1.165, 1.54) is 0 Å². The Bertz CT molecular complexity index is 1300. The number of hydrogen-bond acceptors (Lipinski definition) is 7. The van der Waals surface area contributed by atoms with Crippen LogP contribution < -0.4 is 19.7 Å². The summed E-state index contributed by atoms with van der Waals surface area (Å²) in [7, 11) is 0. The van der Waals surface area contributed by atoms with E-state index in [1.54, 1.807) is 17.4 Å². The average Bonchev–Trinajstić information content (AvgIpc) is 3.36. The normalized spacial score (nSPS) is 14.1. The van der Waals surface area contributed by atoms with E-state index in [9.17, 15) is 4.79 Å². The molecule has 1 saturated heterocycles. The highest BCUT2D eigenvalue weighted by atomic mass is 32.1. The molecule has 0 saturated carbocycles. The first-order valence-corrected chi connectivity index (χ1v) is 13.1. The number of amides is 1. The van der Waals surface area contributed by atoms with E-state index in [0.29, 0.717) is 30.2 Å². The molecule has 0 spiro atoms. The van der Waals surface area contributed by atoms with Crippen molar-refractivity contribution in [3.05, 3.63) is 78.4 Å². The van der Waals surface area contributed by atoms with Gasteiger partial charge in [-0.2, -0.15) is 0 Å². The van der Waals surface area contributed by atoms with Gasteiger partial charge in [-0.05, 0) is 43.3 Å². The summed E-state index contributed by atoms with van der Waals surface area (Å²) in [6.45, 7) is 7.68. The van der Waals surface area contributed by atoms with Crippen LogP contribution in [0.2, 0.25) is 0 Å². The molecule has 8 heteroatoms. The van der Waals surface area contributed by atoms with Gasteiger partial charge in [0.05, 0.1) is 16.9 Å². The van der Waals surface area contributed by atoms with Crippen molar-refractivity contribution in [2.24, 2.45) is 0 Å². The molecule has 0 atom stereocenters. The SMILES string of the molecule is CCOc1cccc2sc(N3CCN(CCNC(=O)c4ccccc4Oc4ccccc4)CC3)nc12. The third-order valence-electron chi connectivity index (χ3n) is 6.13. The number of rotatable bonds is 9. The molecule has 1 fully saturated rings. The maximum absolute atomic E-state index is 12.9. The van der Waals surface area contributed by atoms with Gasteiger partial charge in [0.2, 0.25) is 0 Å². The highest BCUT2D eigenvalue weighted by Crippen LogP contribution is 2.34. The zero-order valence-electron chi connectivity index (χ0n) is 20.4. The van der Waals surface area contributed by atoms with Crippen LogP contribution in [-0.2, 0) is 0 Å². The molecule has 5 rings (SSSR count). The lowest BCUT2D eigenvalue weighted by Crippen LogP contribution is -2.48. The number of benzene rings is 3. The molecule has 0 bridgehead atoms. The highest BCUT2D eigenvalue weighted by molar-refractivity contribution is 7.22. The van der Waals surface area contributed by atoms with Gasteiger partial charge in [-0.3, -0.25) is 9.69 Å². The van der Waals surface area contributed by atoms with E-state index in [0.717, 1.165) is 53.8 Å². The van der Waals surface area contributed by atoms with Crippen molar-refractivity contribution in [3.63, 3.8) is 0 Å². The third-order valence-corrected chi connectivity index (χ3v) is 7.21. The van der Waals surface area contributed by atoms with E-state index in [-0.39, 0.29) is 5.91 Å². The minimum atomic E-state index is -0.125. The van der Waals surface area contributed by atoms with E-state index in [4.69, 9.17) is 14.5 Å². The number of para-hydroxylation sites is 3. The summed E-state index contributed by atoms with van der Waals surface area (Å²) < 4.78 is 12.8. The number of nitrogens with one attached hydrogen (secondary N) is 1. The van der Waals surface area contributed by atoms with Crippen molar-refractivity contribution >= 4 is 32.6 Å². The lowest BCUT2D eigenvalue weighted by atomic mass is 10.2. The Morgan fingerprint density at radius 3 is 2.50 bits per heavy atom. The zero-order chi connectivity index (χ0) is 24.7. The summed E-state index contributed by atoms with van der Waals surface area (Å²) in [6.07, 6.45) is 0. The van der Waals surface area contributed by atoms with Crippen molar-refractivity contribution in [1.82, 2.24) is 15.2 Å². The van der Waals surface area contributed by atoms with Gasteiger partial charge in [-0.15, -0.1) is 0 Å². The van der Waals surface area contributed by atoms with Crippen LogP contribution in [0, 0.1) is 0 Å². The molecule has 2 heterocycles. The average molecular weight is 503 g/mol. The van der Waals surface area contributed by atoms with Gasteiger partial charge in [0, 0.05) is 39.3 Å². The van der Waals surface area contributed by atoms with Crippen LogP contribution in [0.1, 0.15) is 17.3 Å². The first-order chi connectivity index (χ1) is 17.7. The lowest BCUT2D eigenvalue weighted by Gasteiger charge is -2.34. The number of ether oxygens (including phenoxy) is 2. The number of nitrogens with zero attached hydrogens (tertiary/aromatic N) is 3. The number of fused-ring (bicyclic) bond motifs is 1. The molecule has 1 aromatic heterocycles. The Morgan fingerprint density at radius 1 is 0.944 bits per heavy atom. The van der Waals surface area contributed by atoms with Crippen LogP contribution in [0.4, 0.5) is 5.13 Å². The maximum atomic E-state index is 12.9. The third kappa shape index (κ3) is 5.61. The fourth-order valence-corrected chi connectivity index (χ4v) is 5.30. The molecule has 1 N–H and O–H groups in total. The second kappa shape index (κ2) is 11.4. The second-order valence-corrected chi connectivity index (χ2v) is 9.54. The molecule has 7 nitrogen and oxygen atoms in total. The summed E-state index contributed by atoms with van der Waals surface area (Å²) in [5.74, 6) is 1.98. The monoisotopic (exact) mass is 502 g/mol. The van der Waals surface area contributed by atoms with Gasteiger partial charge in [0.1, 0.15) is 22.8 Å². The topological polar surface area (TPSA) is 66.9 Å². The minimum absolute atomic E-state index is 0.125. The number of thiazole rings is 1. The summed E-state index contributed by atoms with van der Waals surface area (Å²) in [4.78, 5) is 22.4. The van der Waals surface area contributed by atoms with E-state index in [2.05, 4.69) is 21.2 Å². The van der Waals surface area contributed by atoms with E-state index in [1.807, 2.05) is 67.6 Å². The van der Waals surface area contributed by atoms with Crippen LogP contribution in [0.3, 0.4) is 0 Å². The molecular weight excluding hydrogens is 472 g/mol. The van der Waals surface area contributed by atoms with Crippen molar-refractivity contribution < 1.29 is 14.3 Å². The van der Waals surface area contributed by atoms with Gasteiger partial charge < -0.3 is 19.7 Å². The quantitative estimate of drug-likeness (QED) is 0.346. The molecule has 36 heavy (non-hydrogen) atoms. The van der Waals surface area contributed by atoms with Crippen molar-refractivity contribution in [3.8, 4) is 17.2 Å². The first-order valence-electron chi connectivity index (χ1n) is 12.3. The fraction of sp³-hybridized carbons (Fsp3) is 0.286. The first kappa shape index (κ1) is 24.1.